The molecule has 0 N–H and O–H groups in total. The first kappa shape index (κ1) is 39.1. The van der Waals surface area contributed by atoms with E-state index in [1.165, 1.54) is 12.0 Å². The summed E-state index contributed by atoms with van der Waals surface area (Å²) in [6.45, 7) is 30.3. The third-order valence-corrected chi connectivity index (χ3v) is 8.91. The van der Waals surface area contributed by atoms with E-state index in [0.717, 1.165) is 33.8 Å². The number of hydrogen-bond donors (Lipinski definition) is 0. The van der Waals surface area contributed by atoms with Gasteiger partial charge in [-0.05, 0) is 60.6 Å². The van der Waals surface area contributed by atoms with Crippen LogP contribution in [-0.2, 0) is 19.2 Å². The van der Waals surface area contributed by atoms with Gasteiger partial charge in [0.2, 0.25) is 0 Å². The van der Waals surface area contributed by atoms with Crippen LogP contribution in [0.5, 0.6) is 11.5 Å². The molecule has 2 aromatic rings. The topological polar surface area (TPSA) is 36.9 Å². The maximum Gasteiger partial charge on any atom is 0.373 e. The average Bonchev–Trinajstić information content (AvgIpc) is 2.85. The van der Waals surface area contributed by atoms with E-state index in [4.69, 9.17) is 17.8 Å². The minimum Gasteiger partial charge on any atom is -0.429 e. The predicted octanol–water partition coefficient (Wildman–Crippen LogP) is 10.9. The quantitative estimate of drug-likeness (QED) is 0.161. The predicted molar refractivity (Wildman–Crippen MR) is 186 cm³/mol. The van der Waals surface area contributed by atoms with E-state index in [2.05, 4.69) is 131 Å². The summed E-state index contributed by atoms with van der Waals surface area (Å²) < 4.78 is 24.6. The Balaban J connectivity index is 0.00000123. The van der Waals surface area contributed by atoms with E-state index >= 15 is 0 Å². The molecule has 0 unspecified atom stereocenters. The fraction of sp³-hybridized carbons (Fsp3) is 0.543. The molecular formula is C35H58O4S2. The summed E-state index contributed by atoms with van der Waals surface area (Å²) in [5, 5.41) is 1.86. The molecule has 2 aromatic carbocycles. The molecule has 234 valence electrons. The van der Waals surface area contributed by atoms with Crippen molar-refractivity contribution in [2.45, 2.75) is 93.0 Å². The second-order valence-corrected chi connectivity index (χ2v) is 16.5. The average molecular weight is 607 g/mol. The maximum absolute atomic E-state index is 6.68. The summed E-state index contributed by atoms with van der Waals surface area (Å²) in [6.07, 6.45) is 7.77. The molecule has 0 aliphatic carbocycles. The van der Waals surface area contributed by atoms with E-state index in [1.807, 2.05) is 18.6 Å². The third-order valence-electron chi connectivity index (χ3n) is 6.16. The summed E-state index contributed by atoms with van der Waals surface area (Å²) in [5.41, 5.74) is 4.25. The molecule has 0 bridgehead atoms. The lowest BCUT2D eigenvalue weighted by Crippen LogP contribution is -2.50. The van der Waals surface area contributed by atoms with Gasteiger partial charge < -0.3 is 14.2 Å². The van der Waals surface area contributed by atoms with Crippen molar-refractivity contribution < 1.29 is 17.8 Å². The van der Waals surface area contributed by atoms with Crippen molar-refractivity contribution in [1.29, 1.82) is 0 Å². The molecule has 0 fully saturated rings. The Morgan fingerprint density at radius 2 is 1.17 bits per heavy atom. The van der Waals surface area contributed by atoms with Gasteiger partial charge in [-0.3, -0.25) is 3.63 Å². The number of benzene rings is 2. The summed E-state index contributed by atoms with van der Waals surface area (Å²) in [6, 6.07) is 12.5. The van der Waals surface area contributed by atoms with Crippen molar-refractivity contribution in [2.24, 2.45) is 5.92 Å². The Morgan fingerprint density at radius 1 is 0.805 bits per heavy atom. The molecule has 0 aliphatic rings. The smallest absolute Gasteiger partial charge is 0.373 e. The number of ether oxygens (including phenoxy) is 3. The minimum absolute atomic E-state index is 0.0534. The molecule has 0 saturated carbocycles. The number of hydrogen-bond acceptors (Lipinski definition) is 5. The van der Waals surface area contributed by atoms with Crippen LogP contribution in [0.25, 0.3) is 0 Å². The molecule has 0 spiro atoms. The molecule has 0 saturated heterocycles. The van der Waals surface area contributed by atoms with Crippen molar-refractivity contribution in [1.82, 2.24) is 0 Å². The van der Waals surface area contributed by atoms with Crippen molar-refractivity contribution in [3.05, 3.63) is 83.3 Å². The zero-order chi connectivity index (χ0) is 32.2. The first-order chi connectivity index (χ1) is 18.8. The van der Waals surface area contributed by atoms with E-state index in [-0.39, 0.29) is 16.7 Å². The van der Waals surface area contributed by atoms with Crippen molar-refractivity contribution in [3.63, 3.8) is 0 Å². The Labute approximate surface area is 259 Å². The highest BCUT2D eigenvalue weighted by Gasteiger charge is 2.43. The molecule has 0 aliphatic heterocycles. The Morgan fingerprint density at radius 3 is 1.39 bits per heavy atom. The van der Waals surface area contributed by atoms with E-state index < -0.39 is 16.3 Å². The lowest BCUT2D eigenvalue weighted by atomic mass is 9.85. The number of para-hydroxylation sites is 2. The first-order valence-corrected chi connectivity index (χ1v) is 17.6. The van der Waals surface area contributed by atoms with Gasteiger partial charge >= 0.3 is 5.97 Å². The van der Waals surface area contributed by atoms with Crippen molar-refractivity contribution in [2.75, 3.05) is 25.9 Å². The highest BCUT2D eigenvalue weighted by atomic mass is 32.3. The van der Waals surface area contributed by atoms with E-state index in [0.29, 0.717) is 0 Å². The Kier molecular flexibility index (Phi) is 15.9. The second kappa shape index (κ2) is 16.7. The third kappa shape index (κ3) is 12.1. The SMILES string of the molecule is C=CC.C=CS(C)(C)OSC.COC(Oc1c(C)cccc1C(C)(C)C)(Oc1c(C)cccc1C(C)(C)C)C(C)C. The number of aryl methyl sites for hydroxylation is 2. The van der Waals surface area contributed by atoms with E-state index in [1.54, 1.807) is 13.2 Å². The van der Waals surface area contributed by atoms with Crippen LogP contribution >= 0.6 is 22.4 Å². The largest absolute Gasteiger partial charge is 0.429 e. The molecule has 0 radical (unpaired) electrons. The van der Waals surface area contributed by atoms with Crippen LogP contribution in [0, 0.1) is 19.8 Å². The number of methoxy groups -OCH3 is 1. The van der Waals surface area contributed by atoms with Gasteiger partial charge in [0, 0.05) is 36.5 Å². The van der Waals surface area contributed by atoms with Crippen LogP contribution in [0.15, 0.2) is 61.0 Å². The maximum atomic E-state index is 6.68. The van der Waals surface area contributed by atoms with Crippen LogP contribution in [-0.4, -0.2) is 31.9 Å². The van der Waals surface area contributed by atoms with Gasteiger partial charge in [0.05, 0.1) is 5.92 Å². The standard InChI is InChI=1S/C27H40O3.C5H12OS2.C3H6/c1-18(2)27(28-11,29-23-19(3)14-12-16-21(23)25(5,6)7)30-24-20(4)15-13-17-22(24)26(8,9)10;1-5-8(3,4)6-7-2;1-3-2/h12-18H,1-11H3;5H,1H2,2-4H3;3H,1H2,2H3. The van der Waals surface area contributed by atoms with Gasteiger partial charge in [0.1, 0.15) is 11.5 Å². The van der Waals surface area contributed by atoms with Crippen LogP contribution in [0.3, 0.4) is 0 Å². The van der Waals surface area contributed by atoms with Crippen LogP contribution in [0.2, 0.25) is 0 Å². The van der Waals surface area contributed by atoms with Crippen molar-refractivity contribution in [3.8, 4) is 11.5 Å². The lowest BCUT2D eigenvalue weighted by molar-refractivity contribution is -0.314. The van der Waals surface area contributed by atoms with Crippen molar-refractivity contribution >= 4 is 22.4 Å². The number of rotatable bonds is 9. The first-order valence-electron chi connectivity index (χ1n) is 14.0. The minimum atomic E-state index is -1.25. The molecule has 0 atom stereocenters. The molecular weight excluding hydrogens is 549 g/mol. The Bertz CT molecular complexity index is 1030. The van der Waals surface area contributed by atoms with Gasteiger partial charge in [-0.2, -0.15) is 0 Å². The second-order valence-electron chi connectivity index (χ2n) is 12.7. The fourth-order valence-corrected chi connectivity index (χ4v) is 5.45. The van der Waals surface area contributed by atoms with Gasteiger partial charge in [0.25, 0.3) is 0 Å². The van der Waals surface area contributed by atoms with Crippen LogP contribution in [0.1, 0.15) is 84.6 Å². The highest BCUT2D eigenvalue weighted by molar-refractivity contribution is 8.34. The monoisotopic (exact) mass is 606 g/mol. The summed E-state index contributed by atoms with van der Waals surface area (Å²) in [5.74, 6) is 0.346. The fourth-order valence-electron chi connectivity index (χ4n) is 3.82. The van der Waals surface area contributed by atoms with Crippen LogP contribution in [0.4, 0.5) is 0 Å². The molecule has 2 rings (SSSR count). The molecule has 0 heterocycles. The van der Waals surface area contributed by atoms with Crippen LogP contribution < -0.4 is 9.47 Å². The Hall–Kier alpha value is -1.86. The van der Waals surface area contributed by atoms with E-state index in [9.17, 15) is 0 Å². The molecule has 41 heavy (non-hydrogen) atoms. The molecule has 0 aromatic heterocycles. The summed E-state index contributed by atoms with van der Waals surface area (Å²) >= 11 is 1.40. The lowest BCUT2D eigenvalue weighted by Gasteiger charge is -2.39. The number of allylic oxidation sites excluding steroid dienone is 1. The van der Waals surface area contributed by atoms with Gasteiger partial charge in [-0.25, -0.2) is 0 Å². The molecule has 6 heteroatoms. The zero-order valence-electron chi connectivity index (χ0n) is 28.6. The van der Waals surface area contributed by atoms with Gasteiger partial charge in [-0.1, -0.05) is 104 Å². The highest BCUT2D eigenvalue weighted by Crippen LogP contribution is 2.45. The zero-order valence-corrected chi connectivity index (χ0v) is 30.2. The molecule has 4 nitrogen and oxygen atoms in total. The summed E-state index contributed by atoms with van der Waals surface area (Å²) in [7, 11) is 0.714. The van der Waals surface area contributed by atoms with Gasteiger partial charge in [0.15, 0.2) is 0 Å². The molecule has 0 amide bonds. The normalized spacial score (nSPS) is 12.4. The van der Waals surface area contributed by atoms with Gasteiger partial charge in [-0.15, -0.1) is 16.9 Å². The summed E-state index contributed by atoms with van der Waals surface area (Å²) in [4.78, 5) is 0.